The van der Waals surface area contributed by atoms with E-state index in [0.29, 0.717) is 20.7 Å². The van der Waals surface area contributed by atoms with Crippen LogP contribution in [0.5, 0.6) is 0 Å². The zero-order chi connectivity index (χ0) is 20.9. The monoisotopic (exact) mass is 439 g/mol. The molecule has 1 spiro atoms. The average Bonchev–Trinajstić information content (AvgIpc) is 3.28. The van der Waals surface area contributed by atoms with Gasteiger partial charge in [0, 0.05) is 18.2 Å². The molecule has 1 aromatic heterocycles. The number of nitrogen functional groups attached to an aromatic ring is 1. The van der Waals surface area contributed by atoms with Gasteiger partial charge in [-0.3, -0.25) is 14.5 Å². The Morgan fingerprint density at radius 3 is 2.70 bits per heavy atom. The summed E-state index contributed by atoms with van der Waals surface area (Å²) in [6, 6.07) is 14.9. The van der Waals surface area contributed by atoms with Gasteiger partial charge < -0.3 is 15.4 Å². The number of carbonyl (C=O) groups is 2. The van der Waals surface area contributed by atoms with Gasteiger partial charge in [-0.1, -0.05) is 59.5 Å². The summed E-state index contributed by atoms with van der Waals surface area (Å²) in [5, 5.41) is 8.08. The maximum atomic E-state index is 13.5. The molecule has 30 heavy (non-hydrogen) atoms. The Hall–Kier alpha value is -2.95. The molecule has 0 unspecified atom stereocenters. The van der Waals surface area contributed by atoms with Crippen molar-refractivity contribution in [3.63, 3.8) is 0 Å². The minimum absolute atomic E-state index is 0.0627. The van der Waals surface area contributed by atoms with Crippen molar-refractivity contribution in [3.05, 3.63) is 59.7 Å². The van der Waals surface area contributed by atoms with Crippen molar-refractivity contribution in [3.8, 4) is 0 Å². The predicted molar refractivity (Wildman–Crippen MR) is 115 cm³/mol. The Morgan fingerprint density at radius 1 is 1.20 bits per heavy atom. The zero-order valence-electron chi connectivity index (χ0n) is 15.9. The molecule has 5 rings (SSSR count). The number of carbonyl (C=O) groups excluding carboxylic acids is 2. The fourth-order valence-corrected chi connectivity index (χ4v) is 5.39. The molecular formula is C20H17N5O3S2. The van der Waals surface area contributed by atoms with Gasteiger partial charge in [0.1, 0.15) is 0 Å². The summed E-state index contributed by atoms with van der Waals surface area (Å²) in [7, 11) is 1.70. The second kappa shape index (κ2) is 7.08. The lowest BCUT2D eigenvalue weighted by Crippen LogP contribution is -2.59. The fourth-order valence-electron chi connectivity index (χ4n) is 3.90. The van der Waals surface area contributed by atoms with Gasteiger partial charge in [-0.15, -0.1) is 10.2 Å². The zero-order valence-corrected chi connectivity index (χ0v) is 17.6. The number of rotatable bonds is 3. The second-order valence-corrected chi connectivity index (χ2v) is 9.10. The molecule has 2 aliphatic heterocycles. The minimum Gasteiger partial charge on any atom is -0.374 e. The van der Waals surface area contributed by atoms with Gasteiger partial charge >= 0.3 is 0 Å². The van der Waals surface area contributed by atoms with E-state index in [1.807, 2.05) is 48.5 Å². The maximum absolute atomic E-state index is 13.5. The fraction of sp³-hybridized carbons (Fsp3) is 0.200. The molecule has 2 N–H and O–H groups in total. The number of thioether (sulfide) groups is 1. The summed E-state index contributed by atoms with van der Waals surface area (Å²) in [6.45, 7) is 0.230. The Bertz CT molecular complexity index is 1170. The molecule has 3 aromatic rings. The van der Waals surface area contributed by atoms with Gasteiger partial charge in [0.2, 0.25) is 11.0 Å². The molecule has 0 bridgehead atoms. The van der Waals surface area contributed by atoms with E-state index in [9.17, 15) is 9.59 Å². The standard InChI is InChI=1S/C20H17N5O3S2/c1-24-15-9-5-3-7-13(15)20(17(24)27)25(14-8-4-2-6-12(14)10-28-20)16(26)11-29-19-23-22-18(21)30-19/h2-9H,10-11H2,1H3,(H2,21,22)/t20-/m1/s1. The number of benzene rings is 2. The number of para-hydroxylation sites is 2. The van der Waals surface area contributed by atoms with E-state index in [4.69, 9.17) is 10.5 Å². The molecule has 10 heteroatoms. The van der Waals surface area contributed by atoms with Crippen molar-refractivity contribution in [2.45, 2.75) is 16.7 Å². The third-order valence-corrected chi connectivity index (χ3v) is 7.07. The molecule has 0 radical (unpaired) electrons. The molecule has 2 aromatic carbocycles. The van der Waals surface area contributed by atoms with Crippen molar-refractivity contribution in [2.24, 2.45) is 0 Å². The largest absolute Gasteiger partial charge is 0.374 e. The van der Waals surface area contributed by atoms with E-state index in [1.54, 1.807) is 11.9 Å². The normalized spacial score (nSPS) is 19.8. The lowest BCUT2D eigenvalue weighted by molar-refractivity contribution is -0.152. The van der Waals surface area contributed by atoms with Gasteiger partial charge in [-0.05, 0) is 12.1 Å². The minimum atomic E-state index is -1.53. The van der Waals surface area contributed by atoms with Gasteiger partial charge in [-0.25, -0.2) is 0 Å². The number of ether oxygens (including phenoxy) is 1. The number of hydrogen-bond donors (Lipinski definition) is 1. The molecule has 2 amide bonds. The summed E-state index contributed by atoms with van der Waals surface area (Å²) in [5.74, 6) is -0.496. The quantitative estimate of drug-likeness (QED) is 0.626. The molecule has 0 saturated carbocycles. The number of amides is 2. The number of anilines is 3. The van der Waals surface area contributed by atoms with E-state index >= 15 is 0 Å². The van der Waals surface area contributed by atoms with Crippen LogP contribution >= 0.6 is 23.1 Å². The van der Waals surface area contributed by atoms with Crippen LogP contribution in [0, 0.1) is 0 Å². The molecule has 2 aliphatic rings. The van der Waals surface area contributed by atoms with Crippen LogP contribution in [-0.2, 0) is 26.7 Å². The van der Waals surface area contributed by atoms with Crippen LogP contribution in [0.15, 0.2) is 52.9 Å². The van der Waals surface area contributed by atoms with Gasteiger partial charge in [0.05, 0.1) is 23.7 Å². The first-order chi connectivity index (χ1) is 14.5. The lowest BCUT2D eigenvalue weighted by atomic mass is 9.97. The molecule has 1 atom stereocenters. The third-order valence-electron chi connectivity index (χ3n) is 5.20. The molecule has 8 nitrogen and oxygen atoms in total. The van der Waals surface area contributed by atoms with Crippen molar-refractivity contribution in [2.75, 3.05) is 28.3 Å². The highest BCUT2D eigenvalue weighted by Crippen LogP contribution is 2.50. The SMILES string of the molecule is CN1C(=O)[C@]2(OCc3ccccc3N2C(=O)CSc2nnc(N)s2)c2ccccc21. The summed E-state index contributed by atoms with van der Waals surface area (Å²) in [5.41, 5.74) is 7.01. The van der Waals surface area contributed by atoms with Crippen molar-refractivity contribution < 1.29 is 14.3 Å². The Morgan fingerprint density at radius 2 is 1.93 bits per heavy atom. The van der Waals surface area contributed by atoms with Gasteiger partial charge in [0.25, 0.3) is 11.6 Å². The van der Waals surface area contributed by atoms with Crippen LogP contribution in [0.1, 0.15) is 11.1 Å². The highest BCUT2D eigenvalue weighted by Gasteiger charge is 2.59. The summed E-state index contributed by atoms with van der Waals surface area (Å²) >= 11 is 2.45. The average molecular weight is 440 g/mol. The van der Waals surface area contributed by atoms with Crippen LogP contribution in [0.4, 0.5) is 16.5 Å². The second-order valence-electron chi connectivity index (χ2n) is 6.87. The Balaban J connectivity index is 1.60. The van der Waals surface area contributed by atoms with E-state index in [0.717, 1.165) is 11.3 Å². The third kappa shape index (κ3) is 2.72. The Labute approximate surface area is 180 Å². The highest BCUT2D eigenvalue weighted by atomic mass is 32.2. The van der Waals surface area contributed by atoms with E-state index < -0.39 is 5.72 Å². The van der Waals surface area contributed by atoms with Crippen molar-refractivity contribution in [1.82, 2.24) is 10.2 Å². The lowest BCUT2D eigenvalue weighted by Gasteiger charge is -2.43. The van der Waals surface area contributed by atoms with Gasteiger partial charge in [0.15, 0.2) is 4.34 Å². The van der Waals surface area contributed by atoms with Crippen LogP contribution in [0.25, 0.3) is 0 Å². The van der Waals surface area contributed by atoms with E-state index in [-0.39, 0.29) is 24.2 Å². The molecule has 152 valence electrons. The number of hydrogen-bond acceptors (Lipinski definition) is 8. The first-order valence-corrected chi connectivity index (χ1v) is 11.0. The summed E-state index contributed by atoms with van der Waals surface area (Å²) in [6.07, 6.45) is 0. The summed E-state index contributed by atoms with van der Waals surface area (Å²) in [4.78, 5) is 30.1. The maximum Gasteiger partial charge on any atom is 0.285 e. The van der Waals surface area contributed by atoms with Crippen LogP contribution in [0.2, 0.25) is 0 Å². The summed E-state index contributed by atoms with van der Waals surface area (Å²) < 4.78 is 6.81. The number of nitrogens with zero attached hydrogens (tertiary/aromatic N) is 4. The molecule has 0 aliphatic carbocycles. The Kier molecular flexibility index (Phi) is 4.49. The predicted octanol–water partition coefficient (Wildman–Crippen LogP) is 2.61. The van der Waals surface area contributed by atoms with Crippen LogP contribution in [-0.4, -0.2) is 34.8 Å². The number of likely N-dealkylation sites (N-methyl/N-ethyl adjacent to an activating group) is 1. The van der Waals surface area contributed by atoms with Crippen LogP contribution < -0.4 is 15.5 Å². The molecular weight excluding hydrogens is 422 g/mol. The van der Waals surface area contributed by atoms with Crippen molar-refractivity contribution >= 4 is 51.4 Å². The number of nitrogens with two attached hydrogens (primary N) is 1. The van der Waals surface area contributed by atoms with E-state index in [1.165, 1.54) is 28.0 Å². The number of fused-ring (bicyclic) bond motifs is 3. The van der Waals surface area contributed by atoms with Crippen molar-refractivity contribution in [1.29, 1.82) is 0 Å². The van der Waals surface area contributed by atoms with E-state index in [2.05, 4.69) is 10.2 Å². The number of aromatic nitrogens is 2. The molecule has 0 fully saturated rings. The topological polar surface area (TPSA) is 102 Å². The first kappa shape index (κ1) is 19.0. The highest BCUT2D eigenvalue weighted by molar-refractivity contribution is 8.01. The molecule has 0 saturated heterocycles. The van der Waals surface area contributed by atoms with Crippen LogP contribution in [0.3, 0.4) is 0 Å². The smallest absolute Gasteiger partial charge is 0.285 e. The first-order valence-electron chi connectivity index (χ1n) is 9.17. The van der Waals surface area contributed by atoms with Gasteiger partial charge in [-0.2, -0.15) is 0 Å². The molecule has 3 heterocycles.